The van der Waals surface area contributed by atoms with Crippen LogP contribution >= 0.6 is 11.6 Å². The maximum absolute atomic E-state index is 6.41. The standard InChI is InChI=1S/C16H27ClN4/c1-4-6-18-9-14-8-15(17)16(19-10-14)21(3)12-13-5-7-20(2)11-13/h8,10,13,18H,4-7,9,11-12H2,1-3H3. The van der Waals surface area contributed by atoms with E-state index in [1.165, 1.54) is 19.5 Å². The van der Waals surface area contributed by atoms with Crippen molar-refractivity contribution < 1.29 is 0 Å². The number of rotatable bonds is 7. The topological polar surface area (TPSA) is 31.4 Å². The molecule has 5 heteroatoms. The fourth-order valence-electron chi connectivity index (χ4n) is 2.91. The van der Waals surface area contributed by atoms with Crippen LogP contribution in [0, 0.1) is 5.92 Å². The van der Waals surface area contributed by atoms with Crippen LogP contribution in [0.5, 0.6) is 0 Å². The second kappa shape index (κ2) is 7.97. The number of hydrogen-bond acceptors (Lipinski definition) is 4. The molecule has 0 saturated carbocycles. The van der Waals surface area contributed by atoms with Crippen molar-refractivity contribution in [1.29, 1.82) is 0 Å². The number of halogens is 1. The molecule has 1 aliphatic rings. The zero-order valence-electron chi connectivity index (χ0n) is 13.4. The molecule has 118 valence electrons. The minimum Gasteiger partial charge on any atom is -0.358 e. The maximum Gasteiger partial charge on any atom is 0.147 e. The average Bonchev–Trinajstić information content (AvgIpc) is 2.84. The smallest absolute Gasteiger partial charge is 0.147 e. The van der Waals surface area contributed by atoms with Crippen molar-refractivity contribution in [3.05, 3.63) is 22.8 Å². The van der Waals surface area contributed by atoms with Crippen LogP contribution < -0.4 is 10.2 Å². The molecular formula is C16H27ClN4. The van der Waals surface area contributed by atoms with Gasteiger partial charge < -0.3 is 15.1 Å². The average molecular weight is 311 g/mol. The lowest BCUT2D eigenvalue weighted by atomic mass is 10.1. The molecule has 0 amide bonds. The van der Waals surface area contributed by atoms with E-state index < -0.39 is 0 Å². The molecule has 1 N–H and O–H groups in total. The van der Waals surface area contributed by atoms with E-state index in [2.05, 4.69) is 41.1 Å². The van der Waals surface area contributed by atoms with E-state index in [0.717, 1.165) is 42.5 Å². The molecule has 1 aliphatic heterocycles. The van der Waals surface area contributed by atoms with E-state index >= 15 is 0 Å². The van der Waals surface area contributed by atoms with Crippen LogP contribution in [0.3, 0.4) is 0 Å². The predicted molar refractivity (Wildman–Crippen MR) is 90.1 cm³/mol. The highest BCUT2D eigenvalue weighted by Gasteiger charge is 2.22. The summed E-state index contributed by atoms with van der Waals surface area (Å²) in [5, 5.41) is 4.12. The molecule has 0 radical (unpaired) electrons. The van der Waals surface area contributed by atoms with Gasteiger partial charge in [0, 0.05) is 32.9 Å². The lowest BCUT2D eigenvalue weighted by Crippen LogP contribution is -2.28. The van der Waals surface area contributed by atoms with Gasteiger partial charge in [-0.05, 0) is 50.5 Å². The van der Waals surface area contributed by atoms with Crippen LogP contribution in [0.1, 0.15) is 25.3 Å². The third-order valence-corrected chi connectivity index (χ3v) is 4.30. The Morgan fingerprint density at radius 1 is 1.52 bits per heavy atom. The lowest BCUT2D eigenvalue weighted by molar-refractivity contribution is 0.395. The first-order valence-electron chi connectivity index (χ1n) is 7.85. The third-order valence-electron chi connectivity index (χ3n) is 4.02. The van der Waals surface area contributed by atoms with Gasteiger partial charge in [0.25, 0.3) is 0 Å². The fraction of sp³-hybridized carbons (Fsp3) is 0.688. The normalized spacial score (nSPS) is 19.1. The Hall–Kier alpha value is -0.840. The van der Waals surface area contributed by atoms with Gasteiger partial charge in [0.15, 0.2) is 0 Å². The molecule has 1 aromatic rings. The SMILES string of the molecule is CCCNCc1cnc(N(C)CC2CCN(C)C2)c(Cl)c1. The maximum atomic E-state index is 6.41. The van der Waals surface area contributed by atoms with E-state index in [4.69, 9.17) is 11.6 Å². The van der Waals surface area contributed by atoms with E-state index in [0.29, 0.717) is 5.92 Å². The van der Waals surface area contributed by atoms with Gasteiger partial charge in [0.2, 0.25) is 0 Å². The Kier molecular flexibility index (Phi) is 6.27. The van der Waals surface area contributed by atoms with Crippen molar-refractivity contribution in [2.45, 2.75) is 26.3 Å². The molecule has 0 aromatic carbocycles. The van der Waals surface area contributed by atoms with E-state index in [9.17, 15) is 0 Å². The van der Waals surface area contributed by atoms with Crippen molar-refractivity contribution >= 4 is 17.4 Å². The number of anilines is 1. The molecule has 0 aliphatic carbocycles. The van der Waals surface area contributed by atoms with Crippen LogP contribution in [-0.4, -0.2) is 50.2 Å². The van der Waals surface area contributed by atoms with Crippen LogP contribution in [0.4, 0.5) is 5.82 Å². The first kappa shape index (κ1) is 16.5. The van der Waals surface area contributed by atoms with E-state index in [1.807, 2.05) is 12.3 Å². The molecule has 0 bridgehead atoms. The summed E-state index contributed by atoms with van der Waals surface area (Å²) < 4.78 is 0. The lowest BCUT2D eigenvalue weighted by Gasteiger charge is -2.23. The first-order chi connectivity index (χ1) is 10.1. The predicted octanol–water partition coefficient (Wildman–Crippen LogP) is 2.62. The molecule has 1 atom stereocenters. The summed E-state index contributed by atoms with van der Waals surface area (Å²) >= 11 is 6.41. The Balaban J connectivity index is 1.92. The minimum atomic E-state index is 0.712. The summed E-state index contributed by atoms with van der Waals surface area (Å²) in [5.74, 6) is 1.61. The van der Waals surface area contributed by atoms with Crippen molar-refractivity contribution in [3.8, 4) is 0 Å². The highest BCUT2D eigenvalue weighted by Crippen LogP contribution is 2.25. The summed E-state index contributed by atoms with van der Waals surface area (Å²) in [6, 6.07) is 2.03. The Morgan fingerprint density at radius 2 is 2.33 bits per heavy atom. The molecule has 1 fully saturated rings. The van der Waals surface area contributed by atoms with Gasteiger partial charge in [0.1, 0.15) is 5.82 Å². The molecule has 1 unspecified atom stereocenters. The molecular weight excluding hydrogens is 284 g/mol. The fourth-order valence-corrected chi connectivity index (χ4v) is 3.24. The molecule has 21 heavy (non-hydrogen) atoms. The van der Waals surface area contributed by atoms with E-state index in [1.54, 1.807) is 0 Å². The molecule has 0 spiro atoms. The third kappa shape index (κ3) is 4.83. The highest BCUT2D eigenvalue weighted by atomic mass is 35.5. The van der Waals surface area contributed by atoms with Crippen LogP contribution in [0.15, 0.2) is 12.3 Å². The van der Waals surface area contributed by atoms with Crippen molar-refractivity contribution in [2.75, 3.05) is 45.2 Å². The van der Waals surface area contributed by atoms with Gasteiger partial charge in [-0.25, -0.2) is 4.98 Å². The Morgan fingerprint density at radius 3 is 2.95 bits per heavy atom. The summed E-state index contributed by atoms with van der Waals surface area (Å²) in [5.41, 5.74) is 1.14. The Bertz CT molecular complexity index is 452. The van der Waals surface area contributed by atoms with Gasteiger partial charge in [-0.2, -0.15) is 0 Å². The van der Waals surface area contributed by atoms with Gasteiger partial charge in [-0.1, -0.05) is 18.5 Å². The largest absolute Gasteiger partial charge is 0.358 e. The van der Waals surface area contributed by atoms with Gasteiger partial charge in [-0.15, -0.1) is 0 Å². The molecule has 1 saturated heterocycles. The van der Waals surface area contributed by atoms with Crippen molar-refractivity contribution in [2.24, 2.45) is 5.92 Å². The van der Waals surface area contributed by atoms with Crippen LogP contribution in [0.2, 0.25) is 5.02 Å². The van der Waals surface area contributed by atoms with Crippen LogP contribution in [-0.2, 0) is 6.54 Å². The van der Waals surface area contributed by atoms with Gasteiger partial charge >= 0.3 is 0 Å². The summed E-state index contributed by atoms with van der Waals surface area (Å²) in [7, 11) is 4.27. The monoisotopic (exact) mass is 310 g/mol. The van der Waals surface area contributed by atoms with Crippen molar-refractivity contribution in [3.63, 3.8) is 0 Å². The molecule has 2 heterocycles. The Labute approximate surface area is 133 Å². The summed E-state index contributed by atoms with van der Waals surface area (Å²) in [6.07, 6.45) is 4.33. The van der Waals surface area contributed by atoms with Gasteiger partial charge in [-0.3, -0.25) is 0 Å². The number of nitrogens with zero attached hydrogens (tertiary/aromatic N) is 3. The summed E-state index contributed by atoms with van der Waals surface area (Å²) in [6.45, 7) is 7.40. The number of likely N-dealkylation sites (tertiary alicyclic amines) is 1. The summed E-state index contributed by atoms with van der Waals surface area (Å²) in [4.78, 5) is 9.13. The number of nitrogens with one attached hydrogen (secondary N) is 1. The second-order valence-corrected chi connectivity index (χ2v) is 6.53. The number of hydrogen-bond donors (Lipinski definition) is 1. The minimum absolute atomic E-state index is 0.712. The van der Waals surface area contributed by atoms with Crippen LogP contribution in [0.25, 0.3) is 0 Å². The second-order valence-electron chi connectivity index (χ2n) is 6.12. The molecule has 1 aromatic heterocycles. The van der Waals surface area contributed by atoms with E-state index in [-0.39, 0.29) is 0 Å². The highest BCUT2D eigenvalue weighted by molar-refractivity contribution is 6.33. The van der Waals surface area contributed by atoms with Crippen molar-refractivity contribution in [1.82, 2.24) is 15.2 Å². The number of aromatic nitrogens is 1. The number of pyridine rings is 1. The quantitative estimate of drug-likeness (QED) is 0.785. The first-order valence-corrected chi connectivity index (χ1v) is 8.22. The molecule has 2 rings (SSSR count). The zero-order valence-corrected chi connectivity index (χ0v) is 14.2. The molecule has 4 nitrogen and oxygen atoms in total. The van der Waals surface area contributed by atoms with Gasteiger partial charge in [0.05, 0.1) is 5.02 Å². The zero-order chi connectivity index (χ0) is 15.2.